The Morgan fingerprint density at radius 3 is 2.50 bits per heavy atom. The van der Waals surface area contributed by atoms with Gasteiger partial charge in [-0.25, -0.2) is 0 Å². The minimum Gasteiger partial charge on any atom is -0.326 e. The Kier molecular flexibility index (Phi) is 3.10. The molecule has 2 aliphatic rings. The average Bonchev–Trinajstić information content (AvgIpc) is 2.06. The Balaban J connectivity index is 1.92. The van der Waals surface area contributed by atoms with Crippen LogP contribution in [0.15, 0.2) is 0 Å². The number of nitrogens with two attached hydrogens (primary N) is 1. The monoisotopic (exact) mass is 197 g/mol. The van der Waals surface area contributed by atoms with Gasteiger partial charge in [-0.05, 0) is 32.9 Å². The van der Waals surface area contributed by atoms with Gasteiger partial charge in [-0.1, -0.05) is 6.42 Å². The molecule has 0 aromatic carbocycles. The molecule has 14 heavy (non-hydrogen) atoms. The summed E-state index contributed by atoms with van der Waals surface area (Å²) in [6, 6.07) is 0.982. The van der Waals surface area contributed by atoms with Gasteiger partial charge in [0.2, 0.25) is 0 Å². The summed E-state index contributed by atoms with van der Waals surface area (Å²) in [5.74, 6) is 0.800. The Morgan fingerprint density at radius 1 is 1.21 bits per heavy atom. The van der Waals surface area contributed by atoms with E-state index < -0.39 is 0 Å². The molecule has 1 aliphatic carbocycles. The number of hydrogen-bond acceptors (Lipinski definition) is 3. The van der Waals surface area contributed by atoms with Crippen LogP contribution in [0.5, 0.6) is 0 Å². The fourth-order valence-electron chi connectivity index (χ4n) is 2.60. The first-order valence-electron chi connectivity index (χ1n) is 5.83. The average molecular weight is 197 g/mol. The number of likely N-dealkylation sites (N-methyl/N-ethyl adjacent to an activating group) is 2. The Labute approximate surface area is 87.2 Å². The van der Waals surface area contributed by atoms with E-state index in [9.17, 15) is 0 Å². The normalized spacial score (nSPS) is 34.1. The molecule has 3 nitrogen and oxygen atoms in total. The van der Waals surface area contributed by atoms with Gasteiger partial charge in [0, 0.05) is 31.7 Å². The molecule has 0 amide bonds. The quantitative estimate of drug-likeness (QED) is 0.694. The summed E-state index contributed by atoms with van der Waals surface area (Å²) in [5, 5.41) is 0. The van der Waals surface area contributed by atoms with E-state index in [4.69, 9.17) is 5.73 Å². The van der Waals surface area contributed by atoms with Gasteiger partial charge in [-0.3, -0.25) is 4.90 Å². The van der Waals surface area contributed by atoms with Gasteiger partial charge >= 0.3 is 0 Å². The summed E-state index contributed by atoms with van der Waals surface area (Å²) in [5.41, 5.74) is 6.34. The van der Waals surface area contributed by atoms with Crippen LogP contribution in [0.2, 0.25) is 0 Å². The lowest BCUT2D eigenvalue weighted by Gasteiger charge is -2.45. The van der Waals surface area contributed by atoms with Crippen molar-refractivity contribution in [1.82, 2.24) is 9.80 Å². The first-order chi connectivity index (χ1) is 6.68. The van der Waals surface area contributed by atoms with Gasteiger partial charge in [-0.2, -0.15) is 0 Å². The fourth-order valence-corrected chi connectivity index (χ4v) is 2.60. The van der Waals surface area contributed by atoms with E-state index >= 15 is 0 Å². The standard InChI is InChI=1S/C11H23N3/c1-13-6-7-14(2)10(8-13)11(12)9-4-3-5-9/h9-11H,3-8,12H2,1-2H3. The van der Waals surface area contributed by atoms with Crippen LogP contribution in [0.4, 0.5) is 0 Å². The summed E-state index contributed by atoms with van der Waals surface area (Å²) < 4.78 is 0. The van der Waals surface area contributed by atoms with Crippen molar-refractivity contribution < 1.29 is 0 Å². The largest absolute Gasteiger partial charge is 0.326 e. The molecule has 2 unspecified atom stereocenters. The van der Waals surface area contributed by atoms with Gasteiger partial charge in [0.05, 0.1) is 0 Å². The first kappa shape index (κ1) is 10.4. The van der Waals surface area contributed by atoms with Crippen LogP contribution in [0, 0.1) is 5.92 Å². The molecule has 1 saturated carbocycles. The zero-order chi connectivity index (χ0) is 10.1. The lowest BCUT2D eigenvalue weighted by Crippen LogP contribution is -2.60. The molecule has 3 heteroatoms. The van der Waals surface area contributed by atoms with Gasteiger partial charge in [0.1, 0.15) is 0 Å². The molecule has 2 rings (SSSR count). The van der Waals surface area contributed by atoms with Crippen LogP contribution in [0.1, 0.15) is 19.3 Å². The molecule has 0 aromatic rings. The van der Waals surface area contributed by atoms with Crippen LogP contribution in [0.25, 0.3) is 0 Å². The van der Waals surface area contributed by atoms with Gasteiger partial charge < -0.3 is 10.6 Å². The lowest BCUT2D eigenvalue weighted by molar-refractivity contribution is 0.0669. The van der Waals surface area contributed by atoms with E-state index in [1.54, 1.807) is 0 Å². The fraction of sp³-hybridized carbons (Fsp3) is 1.00. The van der Waals surface area contributed by atoms with E-state index in [-0.39, 0.29) is 0 Å². The van der Waals surface area contributed by atoms with Crippen molar-refractivity contribution in [3.63, 3.8) is 0 Å². The molecule has 1 aliphatic heterocycles. The molecule has 2 fully saturated rings. The molecular weight excluding hydrogens is 174 g/mol. The van der Waals surface area contributed by atoms with E-state index in [0.717, 1.165) is 12.5 Å². The molecule has 0 aromatic heterocycles. The minimum atomic E-state index is 0.400. The predicted molar refractivity (Wildman–Crippen MR) is 59.2 cm³/mol. The van der Waals surface area contributed by atoms with Crippen molar-refractivity contribution >= 4 is 0 Å². The Morgan fingerprint density at radius 2 is 1.93 bits per heavy atom. The van der Waals surface area contributed by atoms with Crippen molar-refractivity contribution in [2.24, 2.45) is 11.7 Å². The zero-order valence-electron chi connectivity index (χ0n) is 9.45. The topological polar surface area (TPSA) is 32.5 Å². The summed E-state index contributed by atoms with van der Waals surface area (Å²) >= 11 is 0. The third-order valence-electron chi connectivity index (χ3n) is 4.04. The Hall–Kier alpha value is -0.120. The molecule has 1 saturated heterocycles. The lowest BCUT2D eigenvalue weighted by atomic mass is 9.77. The molecule has 2 atom stereocenters. The highest BCUT2D eigenvalue weighted by molar-refractivity contribution is 4.93. The van der Waals surface area contributed by atoms with Crippen LogP contribution in [0.3, 0.4) is 0 Å². The summed E-state index contributed by atoms with van der Waals surface area (Å²) in [6.07, 6.45) is 4.11. The van der Waals surface area contributed by atoms with Crippen LogP contribution in [-0.4, -0.2) is 55.6 Å². The highest BCUT2D eigenvalue weighted by Gasteiger charge is 2.34. The summed E-state index contributed by atoms with van der Waals surface area (Å²) in [4.78, 5) is 4.85. The van der Waals surface area contributed by atoms with E-state index in [0.29, 0.717) is 12.1 Å². The van der Waals surface area contributed by atoms with Crippen molar-refractivity contribution in [3.8, 4) is 0 Å². The van der Waals surface area contributed by atoms with Gasteiger partial charge in [0.25, 0.3) is 0 Å². The second-order valence-electron chi connectivity index (χ2n) is 5.08. The Bertz CT molecular complexity index is 191. The smallest absolute Gasteiger partial charge is 0.0374 e. The number of hydrogen-bond donors (Lipinski definition) is 1. The van der Waals surface area contributed by atoms with Gasteiger partial charge in [0.15, 0.2) is 0 Å². The predicted octanol–water partition coefficient (Wildman–Crippen LogP) is 0.360. The zero-order valence-corrected chi connectivity index (χ0v) is 9.45. The SMILES string of the molecule is CN1CCN(C)C(C(N)C2CCC2)C1. The van der Waals surface area contributed by atoms with E-state index in [2.05, 4.69) is 23.9 Å². The minimum absolute atomic E-state index is 0.400. The van der Waals surface area contributed by atoms with Crippen molar-refractivity contribution in [2.45, 2.75) is 31.3 Å². The second kappa shape index (κ2) is 4.17. The third-order valence-corrected chi connectivity index (χ3v) is 4.04. The third kappa shape index (κ3) is 1.95. The highest BCUT2D eigenvalue weighted by atomic mass is 15.3. The van der Waals surface area contributed by atoms with Crippen LogP contribution in [-0.2, 0) is 0 Å². The van der Waals surface area contributed by atoms with Crippen molar-refractivity contribution in [3.05, 3.63) is 0 Å². The van der Waals surface area contributed by atoms with Crippen molar-refractivity contribution in [1.29, 1.82) is 0 Å². The maximum Gasteiger partial charge on any atom is 0.0374 e. The first-order valence-corrected chi connectivity index (χ1v) is 5.83. The maximum atomic E-state index is 6.34. The van der Waals surface area contributed by atoms with E-state index in [1.165, 1.54) is 32.4 Å². The summed E-state index contributed by atoms with van der Waals surface area (Å²) in [7, 11) is 4.42. The molecule has 0 radical (unpaired) electrons. The number of rotatable bonds is 2. The summed E-state index contributed by atoms with van der Waals surface area (Å²) in [6.45, 7) is 3.50. The molecule has 2 N–H and O–H groups in total. The van der Waals surface area contributed by atoms with E-state index in [1.807, 2.05) is 0 Å². The number of piperazine rings is 1. The van der Waals surface area contributed by atoms with Crippen LogP contribution >= 0.6 is 0 Å². The highest BCUT2D eigenvalue weighted by Crippen LogP contribution is 2.31. The molecular formula is C11H23N3. The molecule has 82 valence electrons. The molecule has 0 spiro atoms. The molecule has 0 bridgehead atoms. The second-order valence-corrected chi connectivity index (χ2v) is 5.08. The van der Waals surface area contributed by atoms with Gasteiger partial charge in [-0.15, -0.1) is 0 Å². The maximum absolute atomic E-state index is 6.34. The molecule has 1 heterocycles. The van der Waals surface area contributed by atoms with Crippen molar-refractivity contribution in [2.75, 3.05) is 33.7 Å². The van der Waals surface area contributed by atoms with Crippen LogP contribution < -0.4 is 5.73 Å². The number of nitrogens with zero attached hydrogens (tertiary/aromatic N) is 2.